The Bertz CT molecular complexity index is 741. The van der Waals surface area contributed by atoms with Crippen molar-refractivity contribution in [2.24, 2.45) is 5.73 Å². The highest BCUT2D eigenvalue weighted by atomic mass is 16.5. The summed E-state index contributed by atoms with van der Waals surface area (Å²) in [6.07, 6.45) is 3.44. The molecule has 5 nitrogen and oxygen atoms in total. The molecule has 23 heavy (non-hydrogen) atoms. The van der Waals surface area contributed by atoms with Gasteiger partial charge in [0, 0.05) is 18.0 Å². The van der Waals surface area contributed by atoms with Crippen LogP contribution in [-0.4, -0.2) is 17.4 Å². The van der Waals surface area contributed by atoms with E-state index in [1.165, 1.54) is 0 Å². The predicted molar refractivity (Wildman–Crippen MR) is 86.4 cm³/mol. The van der Waals surface area contributed by atoms with Crippen LogP contribution in [0, 0.1) is 0 Å². The smallest absolute Gasteiger partial charge is 0.214 e. The first-order chi connectivity index (χ1) is 11.2. The molecular formula is C18H18N2O3. The average molecular weight is 310 g/mol. The van der Waals surface area contributed by atoms with Gasteiger partial charge in [0.25, 0.3) is 0 Å². The number of hydrogen-bond acceptors (Lipinski definition) is 5. The molecule has 0 radical (unpaired) electrons. The Balaban J connectivity index is 1.88. The van der Waals surface area contributed by atoms with E-state index in [9.17, 15) is 4.79 Å². The number of nitrogens with two attached hydrogens (primary N) is 1. The number of carbonyl (C=O) groups is 1. The minimum atomic E-state index is -0.737. The van der Waals surface area contributed by atoms with Crippen molar-refractivity contribution in [1.29, 1.82) is 0 Å². The first-order valence-corrected chi connectivity index (χ1v) is 7.54. The molecule has 0 amide bonds. The summed E-state index contributed by atoms with van der Waals surface area (Å²) in [4.78, 5) is 16.7. The van der Waals surface area contributed by atoms with Gasteiger partial charge in [-0.25, -0.2) is 0 Å². The van der Waals surface area contributed by atoms with E-state index in [4.69, 9.17) is 15.2 Å². The Morgan fingerprint density at radius 1 is 1.30 bits per heavy atom. The first-order valence-electron chi connectivity index (χ1n) is 7.54. The van der Waals surface area contributed by atoms with E-state index in [0.717, 1.165) is 6.42 Å². The van der Waals surface area contributed by atoms with Gasteiger partial charge in [-0.15, -0.1) is 0 Å². The molecular weight excluding hydrogens is 292 g/mol. The van der Waals surface area contributed by atoms with Crippen LogP contribution in [0.25, 0.3) is 5.57 Å². The van der Waals surface area contributed by atoms with Crippen LogP contribution in [0.2, 0.25) is 0 Å². The minimum absolute atomic E-state index is 0.136. The molecule has 2 heterocycles. The molecule has 0 aliphatic carbocycles. The monoisotopic (exact) mass is 310 g/mol. The van der Waals surface area contributed by atoms with Crippen LogP contribution in [0.1, 0.15) is 30.6 Å². The van der Waals surface area contributed by atoms with Gasteiger partial charge in [0.15, 0.2) is 12.0 Å². The van der Waals surface area contributed by atoms with E-state index >= 15 is 0 Å². The van der Waals surface area contributed by atoms with Crippen LogP contribution in [0.4, 0.5) is 0 Å². The lowest BCUT2D eigenvalue weighted by molar-refractivity contribution is -0.120. The Kier molecular flexibility index (Phi) is 4.28. The molecule has 1 aromatic carbocycles. The van der Waals surface area contributed by atoms with E-state index in [-0.39, 0.29) is 11.7 Å². The molecule has 2 N–H and O–H groups in total. The Morgan fingerprint density at radius 2 is 2.17 bits per heavy atom. The average Bonchev–Trinajstić information content (AvgIpc) is 2.88. The first kappa shape index (κ1) is 15.1. The van der Waals surface area contributed by atoms with E-state index < -0.39 is 6.10 Å². The zero-order valence-electron chi connectivity index (χ0n) is 12.9. The number of ketones is 1. The number of ether oxygens (including phenoxy) is 2. The maximum Gasteiger partial charge on any atom is 0.214 e. The van der Waals surface area contributed by atoms with Gasteiger partial charge in [-0.1, -0.05) is 25.1 Å². The number of carbonyl (C=O) groups excluding carboxylic acids is 1. The van der Waals surface area contributed by atoms with Crippen molar-refractivity contribution in [2.45, 2.75) is 19.4 Å². The normalized spacial score (nSPS) is 17.3. The highest BCUT2D eigenvalue weighted by Gasteiger charge is 2.36. The Labute approximate surface area is 134 Å². The zero-order chi connectivity index (χ0) is 16.2. The number of benzene rings is 1. The predicted octanol–water partition coefficient (Wildman–Crippen LogP) is 2.84. The van der Waals surface area contributed by atoms with Gasteiger partial charge < -0.3 is 15.2 Å². The third kappa shape index (κ3) is 3.04. The molecule has 1 atom stereocenters. The fourth-order valence-electron chi connectivity index (χ4n) is 2.49. The van der Waals surface area contributed by atoms with Gasteiger partial charge in [0.1, 0.15) is 5.75 Å². The van der Waals surface area contributed by atoms with Gasteiger partial charge in [-0.3, -0.25) is 9.78 Å². The number of rotatable bonds is 5. The molecule has 0 bridgehead atoms. The highest BCUT2D eigenvalue weighted by molar-refractivity contribution is 6.25. The molecule has 5 heteroatoms. The molecule has 2 aromatic rings. The number of hydrogen-bond donors (Lipinski definition) is 1. The maximum absolute atomic E-state index is 12.7. The Hall–Kier alpha value is -2.82. The van der Waals surface area contributed by atoms with Gasteiger partial charge >= 0.3 is 0 Å². The standard InChI is InChI=1S/C18H18N2O3/c1-2-9-22-14-7-3-5-12(10-14)15-16(21)17(23-18(15)19)13-6-4-8-20-11-13/h3-8,10-11,17H,2,9,19H2,1H3. The number of Topliss-reactive ketones (excluding diaryl/α,β-unsaturated/α-hetero) is 1. The van der Waals surface area contributed by atoms with E-state index in [2.05, 4.69) is 4.98 Å². The quantitative estimate of drug-likeness (QED) is 0.919. The van der Waals surface area contributed by atoms with Crippen LogP contribution >= 0.6 is 0 Å². The third-order valence-corrected chi connectivity index (χ3v) is 3.56. The largest absolute Gasteiger partial charge is 0.494 e. The fraction of sp³-hybridized carbons (Fsp3) is 0.222. The lowest BCUT2D eigenvalue weighted by Gasteiger charge is -2.09. The number of aromatic nitrogens is 1. The van der Waals surface area contributed by atoms with Crippen LogP contribution in [0.15, 0.2) is 54.7 Å². The lowest BCUT2D eigenvalue weighted by atomic mass is 9.98. The summed E-state index contributed by atoms with van der Waals surface area (Å²) in [6.45, 7) is 2.66. The van der Waals surface area contributed by atoms with E-state index in [1.54, 1.807) is 24.5 Å². The molecule has 118 valence electrons. The maximum atomic E-state index is 12.7. The van der Waals surface area contributed by atoms with E-state index in [1.807, 2.05) is 31.2 Å². The second-order valence-electron chi connectivity index (χ2n) is 5.26. The molecule has 0 fully saturated rings. The summed E-state index contributed by atoms with van der Waals surface area (Å²) >= 11 is 0. The van der Waals surface area contributed by atoms with Gasteiger partial charge in [0.2, 0.25) is 5.78 Å². The van der Waals surface area contributed by atoms with Crippen LogP contribution in [0.5, 0.6) is 5.75 Å². The molecule has 1 unspecified atom stereocenters. The second-order valence-corrected chi connectivity index (χ2v) is 5.26. The SMILES string of the molecule is CCCOc1cccc(C2=C(N)OC(c3cccnc3)C2=O)c1. The molecule has 0 saturated heterocycles. The summed E-state index contributed by atoms with van der Waals surface area (Å²) in [5.74, 6) is 0.682. The summed E-state index contributed by atoms with van der Waals surface area (Å²) in [6, 6.07) is 10.9. The van der Waals surface area contributed by atoms with Crippen LogP contribution in [0.3, 0.4) is 0 Å². The zero-order valence-corrected chi connectivity index (χ0v) is 12.9. The van der Waals surface area contributed by atoms with Crippen LogP contribution < -0.4 is 10.5 Å². The van der Waals surface area contributed by atoms with E-state index in [0.29, 0.717) is 29.1 Å². The van der Waals surface area contributed by atoms with Crippen molar-refractivity contribution in [3.05, 3.63) is 65.8 Å². The topological polar surface area (TPSA) is 74.4 Å². The third-order valence-electron chi connectivity index (χ3n) is 3.56. The summed E-state index contributed by atoms with van der Waals surface area (Å²) in [5.41, 5.74) is 7.73. The second kappa shape index (κ2) is 6.52. The summed E-state index contributed by atoms with van der Waals surface area (Å²) < 4.78 is 11.2. The summed E-state index contributed by atoms with van der Waals surface area (Å²) in [7, 11) is 0. The van der Waals surface area contributed by atoms with Gasteiger partial charge in [-0.2, -0.15) is 0 Å². The lowest BCUT2D eigenvalue weighted by Crippen LogP contribution is -2.09. The van der Waals surface area contributed by atoms with Crippen molar-refractivity contribution >= 4 is 11.4 Å². The molecule has 1 aliphatic heterocycles. The molecule has 3 rings (SSSR count). The summed E-state index contributed by atoms with van der Waals surface area (Å²) in [5, 5.41) is 0. The number of pyridine rings is 1. The van der Waals surface area contributed by atoms with Crippen LogP contribution in [-0.2, 0) is 9.53 Å². The van der Waals surface area contributed by atoms with Gasteiger partial charge in [0.05, 0.1) is 12.2 Å². The number of nitrogens with zero attached hydrogens (tertiary/aromatic N) is 1. The molecule has 0 spiro atoms. The molecule has 1 aromatic heterocycles. The van der Waals surface area contributed by atoms with Crippen molar-refractivity contribution in [3.8, 4) is 5.75 Å². The van der Waals surface area contributed by atoms with Crippen molar-refractivity contribution in [3.63, 3.8) is 0 Å². The minimum Gasteiger partial charge on any atom is -0.494 e. The molecule has 1 aliphatic rings. The van der Waals surface area contributed by atoms with Crippen molar-refractivity contribution < 1.29 is 14.3 Å². The fourth-order valence-corrected chi connectivity index (χ4v) is 2.49. The van der Waals surface area contributed by atoms with Crippen molar-refractivity contribution in [1.82, 2.24) is 4.98 Å². The highest BCUT2D eigenvalue weighted by Crippen LogP contribution is 2.36. The van der Waals surface area contributed by atoms with Gasteiger partial charge in [-0.05, 0) is 30.2 Å². The van der Waals surface area contributed by atoms with Crippen molar-refractivity contribution in [2.75, 3.05) is 6.61 Å². The molecule has 0 saturated carbocycles. The Morgan fingerprint density at radius 3 is 2.91 bits per heavy atom.